The van der Waals surface area contributed by atoms with Gasteiger partial charge in [0.25, 0.3) is 5.91 Å². The predicted octanol–water partition coefficient (Wildman–Crippen LogP) is 5.01. The second-order valence-electron chi connectivity index (χ2n) is 4.87. The van der Waals surface area contributed by atoms with E-state index in [2.05, 4.69) is 22.6 Å². The zero-order chi connectivity index (χ0) is 15.7. The number of rotatable bonds is 2. The second kappa shape index (κ2) is 6.52. The maximum atomic E-state index is 12.7. The molecule has 0 aromatic heterocycles. The number of carbonyl (C=O) groups is 1. The molecule has 0 spiro atoms. The van der Waals surface area contributed by atoms with E-state index < -0.39 is 0 Å². The van der Waals surface area contributed by atoms with Crippen molar-refractivity contribution in [2.75, 3.05) is 4.90 Å². The Bertz CT molecular complexity index is 784. The number of nitrogens with zero attached hydrogens (tertiary/aromatic N) is 1. The lowest BCUT2D eigenvalue weighted by atomic mass is 10.2. The van der Waals surface area contributed by atoms with Crippen molar-refractivity contribution in [3.8, 4) is 0 Å². The van der Waals surface area contributed by atoms with Crippen molar-refractivity contribution < 1.29 is 4.79 Å². The minimum Gasteiger partial charge on any atom is -0.268 e. The van der Waals surface area contributed by atoms with Crippen molar-refractivity contribution in [3.63, 3.8) is 0 Å². The van der Waals surface area contributed by atoms with Gasteiger partial charge in [-0.15, -0.1) is 0 Å². The third kappa shape index (κ3) is 3.11. The molecule has 1 heterocycles. The molecule has 110 valence electrons. The molecule has 2 aromatic carbocycles. The summed E-state index contributed by atoms with van der Waals surface area (Å²) in [6, 6.07) is 15.8. The molecule has 1 aliphatic heterocycles. The number of halogens is 1. The minimum absolute atomic E-state index is 0.0569. The zero-order valence-electron chi connectivity index (χ0n) is 11.7. The molecule has 0 unspecified atom stereocenters. The molecule has 5 heteroatoms. The van der Waals surface area contributed by atoms with Gasteiger partial charge in [0.1, 0.15) is 0 Å². The highest BCUT2D eigenvalue weighted by Crippen LogP contribution is 2.36. The summed E-state index contributed by atoms with van der Waals surface area (Å²) in [5, 5.41) is 0. The van der Waals surface area contributed by atoms with Gasteiger partial charge in [-0.3, -0.25) is 9.69 Å². The molecule has 0 radical (unpaired) electrons. The highest BCUT2D eigenvalue weighted by molar-refractivity contribution is 14.1. The van der Waals surface area contributed by atoms with Crippen LogP contribution in [0.1, 0.15) is 11.1 Å². The molecule has 1 saturated heterocycles. The average Bonchev–Trinajstić information content (AvgIpc) is 2.77. The maximum absolute atomic E-state index is 12.7. The number of aryl methyl sites for hydroxylation is 1. The average molecular weight is 437 g/mol. The van der Waals surface area contributed by atoms with Crippen molar-refractivity contribution in [1.29, 1.82) is 0 Å². The van der Waals surface area contributed by atoms with E-state index in [1.165, 1.54) is 11.8 Å². The fourth-order valence-corrected chi connectivity index (χ4v) is 3.95. The lowest BCUT2D eigenvalue weighted by molar-refractivity contribution is -0.113. The van der Waals surface area contributed by atoms with E-state index in [0.717, 1.165) is 20.4 Å². The van der Waals surface area contributed by atoms with E-state index in [4.69, 9.17) is 12.2 Å². The first-order valence-corrected chi connectivity index (χ1v) is 8.96. The van der Waals surface area contributed by atoms with Crippen molar-refractivity contribution in [2.24, 2.45) is 0 Å². The molecule has 1 aliphatic rings. The monoisotopic (exact) mass is 437 g/mol. The summed E-state index contributed by atoms with van der Waals surface area (Å²) in [6.45, 7) is 2.02. The topological polar surface area (TPSA) is 20.3 Å². The fourth-order valence-electron chi connectivity index (χ4n) is 2.12. The van der Waals surface area contributed by atoms with Gasteiger partial charge in [-0.05, 0) is 59.4 Å². The first kappa shape index (κ1) is 15.7. The van der Waals surface area contributed by atoms with Gasteiger partial charge in [0.15, 0.2) is 4.32 Å². The molecule has 22 heavy (non-hydrogen) atoms. The van der Waals surface area contributed by atoms with Gasteiger partial charge >= 0.3 is 0 Å². The van der Waals surface area contributed by atoms with Gasteiger partial charge in [0.2, 0.25) is 0 Å². The molecule has 0 bridgehead atoms. The van der Waals surface area contributed by atoms with Gasteiger partial charge in [0.05, 0.1) is 10.6 Å². The Morgan fingerprint density at radius 1 is 1.14 bits per heavy atom. The largest absolute Gasteiger partial charge is 0.270 e. The van der Waals surface area contributed by atoms with Crippen LogP contribution < -0.4 is 4.90 Å². The summed E-state index contributed by atoms with van der Waals surface area (Å²) < 4.78 is 1.69. The summed E-state index contributed by atoms with van der Waals surface area (Å²) in [5.41, 5.74) is 3.01. The van der Waals surface area contributed by atoms with Crippen LogP contribution in [0.5, 0.6) is 0 Å². The van der Waals surface area contributed by atoms with E-state index in [0.29, 0.717) is 9.23 Å². The molecule has 3 rings (SSSR count). The number of benzene rings is 2. The SMILES string of the molecule is Cc1ccc(N2C(=O)/C(=C/c3ccccc3I)SC2=S)cc1. The first-order chi connectivity index (χ1) is 10.6. The minimum atomic E-state index is -0.0569. The lowest BCUT2D eigenvalue weighted by Gasteiger charge is -2.14. The van der Waals surface area contributed by atoms with Gasteiger partial charge in [0, 0.05) is 3.57 Å². The molecule has 2 nitrogen and oxygen atoms in total. The number of thiocarbonyl (C=S) groups is 1. The highest BCUT2D eigenvalue weighted by atomic mass is 127. The van der Waals surface area contributed by atoms with E-state index in [1.807, 2.05) is 61.5 Å². The maximum Gasteiger partial charge on any atom is 0.270 e. The van der Waals surface area contributed by atoms with Crippen LogP contribution in [-0.4, -0.2) is 10.2 Å². The van der Waals surface area contributed by atoms with Crippen LogP contribution in [0.4, 0.5) is 5.69 Å². The Kier molecular flexibility index (Phi) is 4.65. The quantitative estimate of drug-likeness (QED) is 0.375. The number of anilines is 1. The molecule has 2 aromatic rings. The Balaban J connectivity index is 1.95. The van der Waals surface area contributed by atoms with Crippen LogP contribution in [0.3, 0.4) is 0 Å². The highest BCUT2D eigenvalue weighted by Gasteiger charge is 2.33. The van der Waals surface area contributed by atoms with Crippen molar-refractivity contribution in [3.05, 3.63) is 68.1 Å². The Hall–Kier alpha value is -1.18. The smallest absolute Gasteiger partial charge is 0.268 e. The van der Waals surface area contributed by atoms with Gasteiger partial charge in [-0.1, -0.05) is 59.9 Å². The predicted molar refractivity (Wildman–Crippen MR) is 106 cm³/mol. The van der Waals surface area contributed by atoms with Gasteiger partial charge in [-0.2, -0.15) is 0 Å². The summed E-state index contributed by atoms with van der Waals surface area (Å²) in [6.07, 6.45) is 1.91. The second-order valence-corrected chi connectivity index (χ2v) is 7.71. The van der Waals surface area contributed by atoms with Crippen LogP contribution in [-0.2, 0) is 4.79 Å². The fraction of sp³-hybridized carbons (Fsp3) is 0.0588. The van der Waals surface area contributed by atoms with E-state index in [9.17, 15) is 4.79 Å². The molecule has 0 atom stereocenters. The summed E-state index contributed by atoms with van der Waals surface area (Å²) in [5.74, 6) is -0.0569. The number of carbonyl (C=O) groups excluding carboxylic acids is 1. The summed E-state index contributed by atoms with van der Waals surface area (Å²) in [4.78, 5) is 14.9. The number of amides is 1. The summed E-state index contributed by atoms with van der Waals surface area (Å²) >= 11 is 9.00. The molecule has 1 fully saturated rings. The molecule has 0 N–H and O–H groups in total. The Labute approximate surface area is 152 Å². The van der Waals surface area contributed by atoms with Crippen LogP contribution >= 0.6 is 46.6 Å². The summed E-state index contributed by atoms with van der Waals surface area (Å²) in [7, 11) is 0. The zero-order valence-corrected chi connectivity index (χ0v) is 15.5. The lowest BCUT2D eigenvalue weighted by Crippen LogP contribution is -2.27. The third-order valence-corrected chi connectivity index (χ3v) is 5.56. The normalized spacial score (nSPS) is 16.6. The van der Waals surface area contributed by atoms with Crippen LogP contribution in [0.25, 0.3) is 6.08 Å². The van der Waals surface area contributed by atoms with E-state index >= 15 is 0 Å². The number of hydrogen-bond donors (Lipinski definition) is 0. The Morgan fingerprint density at radius 3 is 2.50 bits per heavy atom. The van der Waals surface area contributed by atoms with E-state index in [-0.39, 0.29) is 5.91 Å². The van der Waals surface area contributed by atoms with Crippen LogP contribution in [0, 0.1) is 10.5 Å². The molecule has 1 amide bonds. The van der Waals surface area contributed by atoms with Crippen molar-refractivity contribution >= 4 is 68.6 Å². The number of thioether (sulfide) groups is 1. The van der Waals surface area contributed by atoms with Gasteiger partial charge in [-0.25, -0.2) is 0 Å². The molecule has 0 saturated carbocycles. The van der Waals surface area contributed by atoms with E-state index in [1.54, 1.807) is 4.90 Å². The standard InChI is InChI=1S/C17H12INOS2/c1-11-6-8-13(9-7-11)19-16(20)15(22-17(19)21)10-12-4-2-3-5-14(12)18/h2-10H,1H3/b15-10-. The number of hydrogen-bond acceptors (Lipinski definition) is 3. The van der Waals surface area contributed by atoms with Crippen LogP contribution in [0.2, 0.25) is 0 Å². The van der Waals surface area contributed by atoms with Crippen LogP contribution in [0.15, 0.2) is 53.4 Å². The van der Waals surface area contributed by atoms with Crippen molar-refractivity contribution in [1.82, 2.24) is 0 Å². The third-order valence-electron chi connectivity index (χ3n) is 3.28. The molecular formula is C17H12INOS2. The van der Waals surface area contributed by atoms with Gasteiger partial charge < -0.3 is 0 Å². The first-order valence-electron chi connectivity index (χ1n) is 6.65. The molecule has 0 aliphatic carbocycles. The Morgan fingerprint density at radius 2 is 1.82 bits per heavy atom. The molecular weight excluding hydrogens is 425 g/mol. The van der Waals surface area contributed by atoms with Crippen molar-refractivity contribution in [2.45, 2.75) is 6.92 Å².